The number of hydrogen-bond donors (Lipinski definition) is 0. The minimum atomic E-state index is 0.0253. The Morgan fingerprint density at radius 3 is 2.72 bits per heavy atom. The Morgan fingerprint density at radius 2 is 1.97 bits per heavy atom. The zero-order chi connectivity index (χ0) is 22.2. The maximum Gasteiger partial charge on any atom is 0.270 e. The van der Waals surface area contributed by atoms with Gasteiger partial charge in [0.1, 0.15) is 10.5 Å². The third-order valence-electron chi connectivity index (χ3n) is 6.78. The number of piperazine rings is 1. The van der Waals surface area contributed by atoms with Gasteiger partial charge in [0.25, 0.3) is 5.91 Å². The second-order valence-electron chi connectivity index (χ2n) is 8.88. The van der Waals surface area contributed by atoms with Gasteiger partial charge in [-0.1, -0.05) is 42.5 Å². The van der Waals surface area contributed by atoms with Crippen molar-refractivity contribution < 1.29 is 9.59 Å². The molecule has 3 heterocycles. The van der Waals surface area contributed by atoms with Gasteiger partial charge in [-0.3, -0.25) is 9.59 Å². The monoisotopic (exact) mass is 447 g/mol. The smallest absolute Gasteiger partial charge is 0.270 e. The lowest BCUT2D eigenvalue weighted by atomic mass is 10.1. The predicted molar refractivity (Wildman–Crippen MR) is 129 cm³/mol. The first-order valence-electron chi connectivity index (χ1n) is 11.4. The molecule has 3 aromatic rings. The van der Waals surface area contributed by atoms with Crippen molar-refractivity contribution in [2.45, 2.75) is 38.8 Å². The Kier molecular flexibility index (Phi) is 5.64. The van der Waals surface area contributed by atoms with Crippen molar-refractivity contribution >= 4 is 33.4 Å². The van der Waals surface area contributed by atoms with Crippen molar-refractivity contribution in [3.8, 4) is 0 Å². The standard InChI is InChI=1S/C26H29N3O2S/c1-3-4-11-29-23(15-20-10-14-32-26(20)29)25(31)27-12-13-28(18(2)17-27)24(30)22-16-21(22)19-8-6-5-7-9-19/h3-10,14-15,18,21-22H,11-13,16-17H2,1-2H3/b4-3-/t18?,21-,22?/m0/s1. The SMILES string of the molecule is C/C=C\Cn1c(C(=O)N2CCN(C(=O)C3C[C@H]3c3ccccc3)C(C)C2)cc2ccsc21. The van der Waals surface area contributed by atoms with Crippen LogP contribution in [0.4, 0.5) is 0 Å². The number of benzene rings is 1. The quantitative estimate of drug-likeness (QED) is 0.530. The molecule has 5 nitrogen and oxygen atoms in total. The van der Waals surface area contributed by atoms with Crippen molar-refractivity contribution in [3.05, 3.63) is 71.3 Å². The van der Waals surface area contributed by atoms with Gasteiger partial charge >= 0.3 is 0 Å². The Balaban J connectivity index is 1.27. The van der Waals surface area contributed by atoms with Gasteiger partial charge < -0.3 is 14.4 Å². The summed E-state index contributed by atoms with van der Waals surface area (Å²) in [4.78, 5) is 31.7. The summed E-state index contributed by atoms with van der Waals surface area (Å²) in [5.41, 5.74) is 2.00. The summed E-state index contributed by atoms with van der Waals surface area (Å²) in [5.74, 6) is 0.742. The number of rotatable bonds is 5. The molecule has 2 amide bonds. The van der Waals surface area contributed by atoms with E-state index in [4.69, 9.17) is 0 Å². The normalized spacial score (nSPS) is 23.2. The van der Waals surface area contributed by atoms with Gasteiger partial charge in [0.15, 0.2) is 0 Å². The number of fused-ring (bicyclic) bond motifs is 1. The van der Waals surface area contributed by atoms with Crippen LogP contribution in [0.3, 0.4) is 0 Å². The van der Waals surface area contributed by atoms with Crippen molar-refractivity contribution in [2.24, 2.45) is 5.92 Å². The van der Waals surface area contributed by atoms with Crippen molar-refractivity contribution in [2.75, 3.05) is 19.6 Å². The van der Waals surface area contributed by atoms with Gasteiger partial charge in [0.05, 0.1) is 0 Å². The largest absolute Gasteiger partial charge is 0.336 e. The fourth-order valence-electron chi connectivity index (χ4n) is 4.93. The molecule has 2 unspecified atom stereocenters. The second kappa shape index (κ2) is 8.58. The van der Waals surface area contributed by atoms with Gasteiger partial charge in [-0.2, -0.15) is 0 Å². The van der Waals surface area contributed by atoms with Crippen LogP contribution < -0.4 is 0 Å². The number of carbonyl (C=O) groups excluding carboxylic acids is 2. The number of aromatic nitrogens is 1. The zero-order valence-corrected chi connectivity index (χ0v) is 19.4. The number of thiophene rings is 1. The van der Waals surface area contributed by atoms with Gasteiger partial charge in [0, 0.05) is 43.5 Å². The van der Waals surface area contributed by atoms with E-state index in [-0.39, 0.29) is 23.8 Å². The average molecular weight is 448 g/mol. The van der Waals surface area contributed by atoms with E-state index in [0.29, 0.717) is 32.1 Å². The summed E-state index contributed by atoms with van der Waals surface area (Å²) < 4.78 is 2.11. The van der Waals surface area contributed by atoms with Crippen LogP contribution in [0.15, 0.2) is 60.0 Å². The molecule has 1 aliphatic carbocycles. The summed E-state index contributed by atoms with van der Waals surface area (Å²) in [6, 6.07) is 14.4. The topological polar surface area (TPSA) is 45.6 Å². The van der Waals surface area contributed by atoms with Crippen LogP contribution in [0.1, 0.15) is 42.2 Å². The van der Waals surface area contributed by atoms with Crippen LogP contribution in [0.25, 0.3) is 10.2 Å². The lowest BCUT2D eigenvalue weighted by molar-refractivity contribution is -0.136. The van der Waals surface area contributed by atoms with Crippen LogP contribution >= 0.6 is 11.3 Å². The third-order valence-corrected chi connectivity index (χ3v) is 7.73. The van der Waals surface area contributed by atoms with Crippen LogP contribution in [0.5, 0.6) is 0 Å². The minimum Gasteiger partial charge on any atom is -0.336 e. The summed E-state index contributed by atoms with van der Waals surface area (Å²) in [6.45, 7) is 6.52. The fourth-order valence-corrected chi connectivity index (χ4v) is 5.83. The van der Waals surface area contributed by atoms with E-state index in [9.17, 15) is 9.59 Å². The Hall–Kier alpha value is -2.86. The maximum absolute atomic E-state index is 13.4. The fraction of sp³-hybridized carbons (Fsp3) is 0.385. The number of carbonyl (C=O) groups is 2. The molecule has 2 fully saturated rings. The van der Waals surface area contributed by atoms with E-state index in [2.05, 4.69) is 41.1 Å². The molecule has 1 aliphatic heterocycles. The Bertz CT molecular complexity index is 1160. The average Bonchev–Trinajstić information content (AvgIpc) is 3.36. The molecule has 0 spiro atoms. The lowest BCUT2D eigenvalue weighted by Gasteiger charge is -2.40. The van der Waals surface area contributed by atoms with Gasteiger partial charge in [0.2, 0.25) is 5.91 Å². The molecular formula is C26H29N3O2S. The highest BCUT2D eigenvalue weighted by molar-refractivity contribution is 7.16. The van der Waals surface area contributed by atoms with Gasteiger partial charge in [-0.15, -0.1) is 11.3 Å². The molecule has 0 radical (unpaired) electrons. The van der Waals surface area contributed by atoms with E-state index in [1.165, 1.54) is 5.56 Å². The Morgan fingerprint density at radius 1 is 1.16 bits per heavy atom. The van der Waals surface area contributed by atoms with Crippen LogP contribution in [0, 0.1) is 5.92 Å². The summed E-state index contributed by atoms with van der Waals surface area (Å²) in [6.07, 6.45) is 5.03. The van der Waals surface area contributed by atoms with Crippen LogP contribution in [-0.2, 0) is 11.3 Å². The molecule has 1 saturated heterocycles. The number of allylic oxidation sites excluding steroid dienone is 2. The highest BCUT2D eigenvalue weighted by atomic mass is 32.1. The van der Waals surface area contributed by atoms with E-state index in [0.717, 1.165) is 22.3 Å². The predicted octanol–water partition coefficient (Wildman–Crippen LogP) is 4.76. The lowest BCUT2D eigenvalue weighted by Crippen LogP contribution is -2.56. The molecule has 3 atom stereocenters. The molecular weight excluding hydrogens is 418 g/mol. The molecule has 2 aromatic heterocycles. The van der Waals surface area contributed by atoms with Gasteiger partial charge in [-0.25, -0.2) is 0 Å². The summed E-state index contributed by atoms with van der Waals surface area (Å²) in [7, 11) is 0. The minimum absolute atomic E-state index is 0.0253. The number of amides is 2. The van der Waals surface area contributed by atoms with Crippen LogP contribution in [-0.4, -0.2) is 51.9 Å². The highest BCUT2D eigenvalue weighted by Gasteiger charge is 2.47. The first-order valence-corrected chi connectivity index (χ1v) is 12.3. The zero-order valence-electron chi connectivity index (χ0n) is 18.6. The molecule has 1 saturated carbocycles. The van der Waals surface area contributed by atoms with Crippen molar-refractivity contribution in [1.29, 1.82) is 0 Å². The molecule has 166 valence electrons. The van der Waals surface area contributed by atoms with Crippen molar-refractivity contribution in [1.82, 2.24) is 14.4 Å². The first kappa shape index (κ1) is 21.0. The van der Waals surface area contributed by atoms with Crippen LogP contribution in [0.2, 0.25) is 0 Å². The molecule has 0 bridgehead atoms. The molecule has 6 heteroatoms. The van der Waals surface area contributed by atoms with E-state index < -0.39 is 0 Å². The maximum atomic E-state index is 13.4. The summed E-state index contributed by atoms with van der Waals surface area (Å²) >= 11 is 1.67. The molecule has 0 N–H and O–H groups in total. The van der Waals surface area contributed by atoms with Gasteiger partial charge in [-0.05, 0) is 49.3 Å². The second-order valence-corrected chi connectivity index (χ2v) is 9.78. The van der Waals surface area contributed by atoms with E-state index in [1.807, 2.05) is 47.1 Å². The van der Waals surface area contributed by atoms with Crippen molar-refractivity contribution in [3.63, 3.8) is 0 Å². The molecule has 1 aromatic carbocycles. The molecule has 5 rings (SSSR count). The van der Waals surface area contributed by atoms with E-state index in [1.54, 1.807) is 11.3 Å². The third kappa shape index (κ3) is 3.77. The molecule has 2 aliphatic rings. The number of hydrogen-bond acceptors (Lipinski definition) is 3. The highest BCUT2D eigenvalue weighted by Crippen LogP contribution is 2.48. The van der Waals surface area contributed by atoms with E-state index >= 15 is 0 Å². The summed E-state index contributed by atoms with van der Waals surface area (Å²) in [5, 5.41) is 3.18. The molecule has 32 heavy (non-hydrogen) atoms. The first-order chi connectivity index (χ1) is 15.6. The Labute approximate surface area is 192 Å². The number of nitrogens with zero attached hydrogens (tertiary/aromatic N) is 3.